The van der Waals surface area contributed by atoms with Crippen LogP contribution in [0.15, 0.2) is 27.7 Å². The molecule has 0 atom stereocenters. The monoisotopic (exact) mass is 377 g/mol. The van der Waals surface area contributed by atoms with Gasteiger partial charge in [-0.15, -0.1) is 0 Å². The zero-order chi connectivity index (χ0) is 17.1. The van der Waals surface area contributed by atoms with E-state index in [-0.39, 0.29) is 11.6 Å². The SMILES string of the molecule is CCC(CC)n1cc(Br)nc(Nc2c(C)cc(C)cc2C)c1=O. The van der Waals surface area contributed by atoms with Crippen molar-refractivity contribution >= 4 is 27.4 Å². The minimum Gasteiger partial charge on any atom is -0.335 e. The molecule has 0 spiro atoms. The van der Waals surface area contributed by atoms with Crippen molar-refractivity contribution in [3.8, 4) is 0 Å². The molecule has 0 aliphatic rings. The van der Waals surface area contributed by atoms with Gasteiger partial charge in [-0.1, -0.05) is 31.5 Å². The largest absolute Gasteiger partial charge is 0.335 e. The highest BCUT2D eigenvalue weighted by molar-refractivity contribution is 9.10. The summed E-state index contributed by atoms with van der Waals surface area (Å²) in [5.74, 6) is 0.362. The summed E-state index contributed by atoms with van der Waals surface area (Å²) in [6.07, 6.45) is 3.60. The topological polar surface area (TPSA) is 46.9 Å². The van der Waals surface area contributed by atoms with Gasteiger partial charge in [0, 0.05) is 17.9 Å². The van der Waals surface area contributed by atoms with Crippen LogP contribution in [0.2, 0.25) is 0 Å². The van der Waals surface area contributed by atoms with E-state index >= 15 is 0 Å². The average molecular weight is 378 g/mol. The minimum absolute atomic E-state index is 0.0822. The number of anilines is 2. The molecule has 1 heterocycles. The lowest BCUT2D eigenvalue weighted by Gasteiger charge is -2.19. The zero-order valence-electron chi connectivity index (χ0n) is 14.4. The number of rotatable bonds is 5. The summed E-state index contributed by atoms with van der Waals surface area (Å²) in [6, 6.07) is 4.39. The second-order valence-corrected chi connectivity index (χ2v) is 6.81. The van der Waals surface area contributed by atoms with E-state index in [4.69, 9.17) is 0 Å². The van der Waals surface area contributed by atoms with Gasteiger partial charge in [-0.25, -0.2) is 4.98 Å². The fraction of sp³-hybridized carbons (Fsp3) is 0.444. The third-order valence-electron chi connectivity index (χ3n) is 4.16. The highest BCUT2D eigenvalue weighted by Crippen LogP contribution is 2.25. The molecular formula is C18H24BrN3O. The Balaban J connectivity index is 2.51. The zero-order valence-corrected chi connectivity index (χ0v) is 16.0. The molecule has 4 nitrogen and oxygen atoms in total. The van der Waals surface area contributed by atoms with E-state index in [9.17, 15) is 4.79 Å². The molecule has 0 saturated carbocycles. The number of halogens is 1. The fourth-order valence-electron chi connectivity index (χ4n) is 3.01. The summed E-state index contributed by atoms with van der Waals surface area (Å²) in [4.78, 5) is 17.1. The van der Waals surface area contributed by atoms with Crippen molar-refractivity contribution < 1.29 is 0 Å². The standard InChI is InChI=1S/C18H24BrN3O/c1-6-14(7-2)22-10-15(19)20-17(18(22)23)21-16-12(4)8-11(3)9-13(16)5/h8-10,14H,6-7H2,1-5H3,(H,20,21). The summed E-state index contributed by atoms with van der Waals surface area (Å²) in [5, 5.41) is 3.25. The van der Waals surface area contributed by atoms with E-state index < -0.39 is 0 Å². The van der Waals surface area contributed by atoms with Crippen LogP contribution in [0.1, 0.15) is 49.4 Å². The molecule has 2 rings (SSSR count). The molecule has 0 bridgehead atoms. The maximum atomic E-state index is 12.8. The first-order valence-electron chi connectivity index (χ1n) is 8.00. The van der Waals surface area contributed by atoms with Gasteiger partial charge in [-0.05, 0) is 60.7 Å². The molecule has 0 aliphatic heterocycles. The molecule has 0 unspecified atom stereocenters. The van der Waals surface area contributed by atoms with Gasteiger partial charge in [0.05, 0.1) is 0 Å². The van der Waals surface area contributed by atoms with Crippen LogP contribution in [0.25, 0.3) is 0 Å². The highest BCUT2D eigenvalue weighted by atomic mass is 79.9. The molecule has 0 radical (unpaired) electrons. The van der Waals surface area contributed by atoms with Crippen molar-refractivity contribution in [2.45, 2.75) is 53.5 Å². The molecule has 0 saturated heterocycles. The Morgan fingerprint density at radius 2 is 1.74 bits per heavy atom. The van der Waals surface area contributed by atoms with E-state index in [0.29, 0.717) is 10.4 Å². The number of aromatic nitrogens is 2. The smallest absolute Gasteiger partial charge is 0.293 e. The maximum absolute atomic E-state index is 12.8. The molecule has 124 valence electrons. The normalized spacial score (nSPS) is 11.1. The van der Waals surface area contributed by atoms with Gasteiger partial charge in [0.15, 0.2) is 5.82 Å². The van der Waals surface area contributed by atoms with Crippen LogP contribution in [0.4, 0.5) is 11.5 Å². The molecule has 0 aliphatic carbocycles. The molecule has 1 N–H and O–H groups in total. The summed E-state index contributed by atoms with van der Waals surface area (Å²) in [5.41, 5.74) is 4.30. The van der Waals surface area contributed by atoms with Gasteiger partial charge < -0.3 is 9.88 Å². The first-order chi connectivity index (χ1) is 10.9. The average Bonchev–Trinajstić information content (AvgIpc) is 2.48. The molecule has 1 aromatic carbocycles. The molecular weight excluding hydrogens is 354 g/mol. The Kier molecular flexibility index (Phi) is 5.63. The van der Waals surface area contributed by atoms with E-state index in [1.54, 1.807) is 10.8 Å². The second kappa shape index (κ2) is 7.30. The number of aryl methyl sites for hydroxylation is 3. The van der Waals surface area contributed by atoms with Gasteiger partial charge in [0.2, 0.25) is 0 Å². The van der Waals surface area contributed by atoms with Crippen LogP contribution < -0.4 is 10.9 Å². The second-order valence-electron chi connectivity index (χ2n) is 5.99. The lowest BCUT2D eigenvalue weighted by molar-refractivity contribution is 0.456. The van der Waals surface area contributed by atoms with E-state index in [1.165, 1.54) is 5.56 Å². The van der Waals surface area contributed by atoms with Crippen LogP contribution in [0.5, 0.6) is 0 Å². The molecule has 5 heteroatoms. The lowest BCUT2D eigenvalue weighted by Crippen LogP contribution is -2.27. The van der Waals surface area contributed by atoms with Gasteiger partial charge in [-0.2, -0.15) is 0 Å². The number of nitrogens with one attached hydrogen (secondary N) is 1. The fourth-order valence-corrected chi connectivity index (χ4v) is 3.41. The van der Waals surface area contributed by atoms with Crippen molar-refractivity contribution in [3.05, 3.63) is 50.0 Å². The Hall–Kier alpha value is -1.62. The third-order valence-corrected chi connectivity index (χ3v) is 4.54. The molecule has 1 aromatic heterocycles. The number of hydrogen-bond acceptors (Lipinski definition) is 3. The molecule has 2 aromatic rings. The quantitative estimate of drug-likeness (QED) is 0.793. The summed E-state index contributed by atoms with van der Waals surface area (Å²) in [6.45, 7) is 10.3. The van der Waals surface area contributed by atoms with Crippen molar-refractivity contribution in [1.29, 1.82) is 0 Å². The van der Waals surface area contributed by atoms with Crippen molar-refractivity contribution in [3.63, 3.8) is 0 Å². The third kappa shape index (κ3) is 3.83. The predicted molar refractivity (Wildman–Crippen MR) is 99.8 cm³/mol. The first-order valence-corrected chi connectivity index (χ1v) is 8.80. The summed E-state index contributed by atoms with van der Waals surface area (Å²) < 4.78 is 2.44. The van der Waals surface area contributed by atoms with Crippen LogP contribution in [-0.4, -0.2) is 9.55 Å². The Morgan fingerprint density at radius 3 is 2.26 bits per heavy atom. The summed E-state index contributed by atoms with van der Waals surface area (Å²) >= 11 is 3.43. The Bertz CT molecular complexity index is 740. The predicted octanol–water partition coefficient (Wildman–Crippen LogP) is 5.04. The van der Waals surface area contributed by atoms with Crippen LogP contribution >= 0.6 is 15.9 Å². The van der Waals surface area contributed by atoms with Crippen molar-refractivity contribution in [1.82, 2.24) is 9.55 Å². The van der Waals surface area contributed by atoms with Gasteiger partial charge in [0.1, 0.15) is 4.60 Å². The van der Waals surface area contributed by atoms with Crippen LogP contribution in [0.3, 0.4) is 0 Å². The first kappa shape index (κ1) is 17.7. The van der Waals surface area contributed by atoms with Crippen molar-refractivity contribution in [2.24, 2.45) is 0 Å². The van der Waals surface area contributed by atoms with E-state index in [1.807, 2.05) is 13.8 Å². The molecule has 23 heavy (non-hydrogen) atoms. The minimum atomic E-state index is -0.0822. The highest BCUT2D eigenvalue weighted by Gasteiger charge is 2.15. The Morgan fingerprint density at radius 1 is 1.17 bits per heavy atom. The lowest BCUT2D eigenvalue weighted by atomic mass is 10.1. The van der Waals surface area contributed by atoms with Crippen LogP contribution in [0, 0.1) is 20.8 Å². The van der Waals surface area contributed by atoms with Crippen molar-refractivity contribution in [2.75, 3.05) is 5.32 Å². The number of hydrogen-bond donors (Lipinski definition) is 1. The van der Waals surface area contributed by atoms with Crippen LogP contribution in [-0.2, 0) is 0 Å². The Labute approximate surface area is 146 Å². The van der Waals surface area contributed by atoms with Gasteiger partial charge in [-0.3, -0.25) is 4.79 Å². The van der Waals surface area contributed by atoms with Gasteiger partial charge >= 0.3 is 0 Å². The number of benzene rings is 1. The molecule has 0 amide bonds. The molecule has 0 fully saturated rings. The van der Waals surface area contributed by atoms with Gasteiger partial charge in [0.25, 0.3) is 5.56 Å². The van der Waals surface area contributed by atoms with E-state index in [0.717, 1.165) is 29.7 Å². The van der Waals surface area contributed by atoms with E-state index in [2.05, 4.69) is 59.1 Å². The number of nitrogens with zero attached hydrogens (tertiary/aromatic N) is 2. The maximum Gasteiger partial charge on any atom is 0.293 e. The summed E-state index contributed by atoms with van der Waals surface area (Å²) in [7, 11) is 0.